The van der Waals surface area contributed by atoms with Crippen LogP contribution in [0, 0.1) is 5.82 Å². The van der Waals surface area contributed by atoms with Gasteiger partial charge in [0.05, 0.1) is 0 Å². The molecule has 1 aliphatic rings. The molecule has 0 radical (unpaired) electrons. The molecule has 0 amide bonds. The summed E-state index contributed by atoms with van der Waals surface area (Å²) >= 11 is 0. The van der Waals surface area contributed by atoms with Gasteiger partial charge in [0.1, 0.15) is 5.82 Å². The van der Waals surface area contributed by atoms with Gasteiger partial charge in [0.2, 0.25) is 0 Å². The van der Waals surface area contributed by atoms with Gasteiger partial charge in [0.25, 0.3) is 0 Å². The first-order chi connectivity index (χ1) is 8.29. The highest BCUT2D eigenvalue weighted by Gasteiger charge is 2.18. The lowest BCUT2D eigenvalue weighted by molar-refractivity contribution is 0.197. The van der Waals surface area contributed by atoms with Crippen molar-refractivity contribution in [2.75, 3.05) is 26.7 Å². The summed E-state index contributed by atoms with van der Waals surface area (Å²) in [5, 5.41) is 3.33. The van der Waals surface area contributed by atoms with E-state index in [-0.39, 0.29) is 5.82 Å². The Labute approximate surface area is 103 Å². The average Bonchev–Trinajstić information content (AvgIpc) is 2.38. The summed E-state index contributed by atoms with van der Waals surface area (Å²) in [4.78, 5) is 2.43. The third-order valence-electron chi connectivity index (χ3n) is 3.57. The number of hydrogen-bond acceptors (Lipinski definition) is 2. The third-order valence-corrected chi connectivity index (χ3v) is 3.57. The molecule has 1 aliphatic heterocycles. The molecule has 17 heavy (non-hydrogen) atoms. The van der Waals surface area contributed by atoms with Crippen LogP contribution in [0.15, 0.2) is 24.3 Å². The minimum Gasteiger partial charge on any atom is -0.316 e. The molecule has 0 aliphatic carbocycles. The second-order valence-corrected chi connectivity index (χ2v) is 4.77. The second kappa shape index (κ2) is 6.12. The monoisotopic (exact) mass is 236 g/mol. The van der Waals surface area contributed by atoms with Crippen LogP contribution in [-0.4, -0.2) is 37.6 Å². The number of nitrogens with one attached hydrogen (secondary N) is 1. The Hall–Kier alpha value is -0.930. The zero-order valence-corrected chi connectivity index (χ0v) is 10.5. The Balaban J connectivity index is 1.84. The van der Waals surface area contributed by atoms with Crippen LogP contribution in [0.4, 0.5) is 4.39 Å². The van der Waals surface area contributed by atoms with Crippen molar-refractivity contribution in [1.82, 2.24) is 10.2 Å². The summed E-state index contributed by atoms with van der Waals surface area (Å²) in [6, 6.07) is 7.68. The van der Waals surface area contributed by atoms with Crippen LogP contribution in [-0.2, 0) is 6.42 Å². The highest BCUT2D eigenvalue weighted by atomic mass is 19.1. The molecule has 0 bridgehead atoms. The normalized spacial score (nSPS) is 21.6. The molecule has 1 unspecified atom stereocenters. The van der Waals surface area contributed by atoms with E-state index < -0.39 is 0 Å². The Morgan fingerprint density at radius 3 is 3.00 bits per heavy atom. The Morgan fingerprint density at radius 1 is 1.41 bits per heavy atom. The number of nitrogens with zero attached hydrogens (tertiary/aromatic N) is 1. The maximum absolute atomic E-state index is 13.5. The van der Waals surface area contributed by atoms with Crippen LogP contribution in [0.2, 0.25) is 0 Å². The number of benzene rings is 1. The first-order valence-electron chi connectivity index (χ1n) is 6.42. The molecule has 1 aromatic rings. The predicted molar refractivity (Wildman–Crippen MR) is 68.6 cm³/mol. The molecule has 1 saturated heterocycles. The van der Waals surface area contributed by atoms with E-state index in [1.54, 1.807) is 12.1 Å². The van der Waals surface area contributed by atoms with Crippen molar-refractivity contribution < 1.29 is 4.39 Å². The van der Waals surface area contributed by atoms with E-state index in [1.807, 2.05) is 19.2 Å². The molecule has 1 fully saturated rings. The highest BCUT2D eigenvalue weighted by molar-refractivity contribution is 5.17. The van der Waals surface area contributed by atoms with E-state index in [4.69, 9.17) is 0 Å². The van der Waals surface area contributed by atoms with Crippen LogP contribution in [0.3, 0.4) is 0 Å². The van der Waals surface area contributed by atoms with Crippen LogP contribution in [0.5, 0.6) is 0 Å². The molecule has 0 saturated carbocycles. The lowest BCUT2D eigenvalue weighted by Crippen LogP contribution is -2.45. The maximum atomic E-state index is 13.5. The number of rotatable bonds is 4. The van der Waals surface area contributed by atoms with Crippen molar-refractivity contribution >= 4 is 0 Å². The Morgan fingerprint density at radius 2 is 2.24 bits per heavy atom. The van der Waals surface area contributed by atoms with Gasteiger partial charge in [-0.3, -0.25) is 0 Å². The first-order valence-corrected chi connectivity index (χ1v) is 6.42. The van der Waals surface area contributed by atoms with Gasteiger partial charge in [0, 0.05) is 19.1 Å². The van der Waals surface area contributed by atoms with Crippen molar-refractivity contribution in [3.8, 4) is 0 Å². The van der Waals surface area contributed by atoms with E-state index in [2.05, 4.69) is 10.2 Å². The lowest BCUT2D eigenvalue weighted by atomic mass is 10.0. The van der Waals surface area contributed by atoms with Gasteiger partial charge < -0.3 is 10.2 Å². The topological polar surface area (TPSA) is 15.3 Å². The first kappa shape index (κ1) is 12.5. The summed E-state index contributed by atoms with van der Waals surface area (Å²) < 4.78 is 13.5. The summed E-state index contributed by atoms with van der Waals surface area (Å²) in [6.45, 7) is 3.19. The van der Waals surface area contributed by atoms with Crippen molar-refractivity contribution in [3.05, 3.63) is 35.6 Å². The van der Waals surface area contributed by atoms with Gasteiger partial charge in [-0.25, -0.2) is 4.39 Å². The summed E-state index contributed by atoms with van der Waals surface area (Å²) in [7, 11) is 2.02. The highest BCUT2D eigenvalue weighted by Crippen LogP contribution is 2.12. The minimum absolute atomic E-state index is 0.0744. The van der Waals surface area contributed by atoms with Crippen LogP contribution in [0.25, 0.3) is 0 Å². The minimum atomic E-state index is -0.0744. The number of likely N-dealkylation sites (N-methyl/N-ethyl adjacent to an activating group) is 1. The maximum Gasteiger partial charge on any atom is 0.126 e. The molecule has 0 spiro atoms. The third kappa shape index (κ3) is 3.51. The van der Waals surface area contributed by atoms with Crippen LogP contribution in [0.1, 0.15) is 18.4 Å². The molecule has 0 aromatic heterocycles. The quantitative estimate of drug-likeness (QED) is 0.860. The molecule has 1 aromatic carbocycles. The number of likely N-dealkylation sites (tertiary alicyclic amines) is 1. The van der Waals surface area contributed by atoms with Gasteiger partial charge in [-0.2, -0.15) is 0 Å². The van der Waals surface area contributed by atoms with Crippen molar-refractivity contribution in [3.63, 3.8) is 0 Å². The summed E-state index contributed by atoms with van der Waals surface area (Å²) in [5.74, 6) is -0.0744. The fourth-order valence-electron chi connectivity index (χ4n) is 2.47. The van der Waals surface area contributed by atoms with E-state index in [1.165, 1.54) is 12.8 Å². The lowest BCUT2D eigenvalue weighted by Gasteiger charge is -2.32. The fourth-order valence-corrected chi connectivity index (χ4v) is 2.47. The number of halogens is 1. The molecular formula is C14H21FN2. The molecule has 2 rings (SSSR count). The van der Waals surface area contributed by atoms with Gasteiger partial charge >= 0.3 is 0 Å². The van der Waals surface area contributed by atoms with Gasteiger partial charge in [-0.15, -0.1) is 0 Å². The average molecular weight is 236 g/mol. The molecular weight excluding hydrogens is 215 g/mol. The molecule has 1 N–H and O–H groups in total. The fraction of sp³-hybridized carbons (Fsp3) is 0.571. The molecule has 2 nitrogen and oxygen atoms in total. The van der Waals surface area contributed by atoms with E-state index in [0.717, 1.165) is 31.6 Å². The molecule has 1 heterocycles. The molecule has 94 valence electrons. The second-order valence-electron chi connectivity index (χ2n) is 4.77. The Bertz CT molecular complexity index is 354. The largest absolute Gasteiger partial charge is 0.316 e. The van der Waals surface area contributed by atoms with Gasteiger partial charge in [-0.05, 0) is 44.5 Å². The van der Waals surface area contributed by atoms with Crippen molar-refractivity contribution in [2.24, 2.45) is 0 Å². The SMILES string of the molecule is CNC1CCCN(CCc2ccccc2F)C1. The predicted octanol–water partition coefficient (Wildman–Crippen LogP) is 2.05. The Kier molecular flexibility index (Phi) is 4.51. The molecule has 1 atom stereocenters. The summed E-state index contributed by atoms with van der Waals surface area (Å²) in [5.41, 5.74) is 0.832. The summed E-state index contributed by atoms with van der Waals surface area (Å²) in [6.07, 6.45) is 3.30. The van der Waals surface area contributed by atoms with Crippen molar-refractivity contribution in [2.45, 2.75) is 25.3 Å². The number of piperidine rings is 1. The van der Waals surface area contributed by atoms with E-state index in [9.17, 15) is 4.39 Å². The zero-order valence-electron chi connectivity index (χ0n) is 10.5. The number of hydrogen-bond donors (Lipinski definition) is 1. The smallest absolute Gasteiger partial charge is 0.126 e. The molecule has 3 heteroatoms. The van der Waals surface area contributed by atoms with Gasteiger partial charge in [-0.1, -0.05) is 18.2 Å². The van der Waals surface area contributed by atoms with Crippen LogP contribution >= 0.6 is 0 Å². The standard InChI is InChI=1S/C14H21FN2/c1-16-13-6-4-9-17(11-13)10-8-12-5-2-3-7-14(12)15/h2-3,5,7,13,16H,4,6,8-11H2,1H3. The zero-order chi connectivity index (χ0) is 12.1. The van der Waals surface area contributed by atoms with E-state index >= 15 is 0 Å². The van der Waals surface area contributed by atoms with Gasteiger partial charge in [0.15, 0.2) is 0 Å². The van der Waals surface area contributed by atoms with Crippen molar-refractivity contribution in [1.29, 1.82) is 0 Å². The van der Waals surface area contributed by atoms with Crippen LogP contribution < -0.4 is 5.32 Å². The van der Waals surface area contributed by atoms with E-state index in [0.29, 0.717) is 6.04 Å².